The van der Waals surface area contributed by atoms with Gasteiger partial charge in [-0.3, -0.25) is 0 Å². The molecule has 1 fully saturated rings. The number of nitrogens with two attached hydrogens (primary N) is 1. The van der Waals surface area contributed by atoms with Crippen LogP contribution in [0.15, 0.2) is 29.2 Å². The third-order valence-electron chi connectivity index (χ3n) is 3.26. The molecule has 2 rings (SSSR count). The van der Waals surface area contributed by atoms with E-state index in [1.54, 1.807) is 11.8 Å². The van der Waals surface area contributed by atoms with Crippen LogP contribution in [-0.4, -0.2) is 11.8 Å². The molecule has 1 nitrogen and oxygen atoms in total. The minimum atomic E-state index is -0.176. The topological polar surface area (TPSA) is 26.0 Å². The molecule has 0 spiro atoms. The highest BCUT2D eigenvalue weighted by Crippen LogP contribution is 2.29. The lowest BCUT2D eigenvalue weighted by Gasteiger charge is -2.18. The molecule has 0 heterocycles. The van der Waals surface area contributed by atoms with E-state index < -0.39 is 0 Å². The molecular formula is C13H18FNS. The molecule has 1 aliphatic rings. The van der Waals surface area contributed by atoms with Gasteiger partial charge in [-0.2, -0.15) is 0 Å². The van der Waals surface area contributed by atoms with Crippen LogP contribution in [0.3, 0.4) is 0 Å². The van der Waals surface area contributed by atoms with Crippen LogP contribution in [0.4, 0.5) is 4.39 Å². The van der Waals surface area contributed by atoms with E-state index in [2.05, 4.69) is 0 Å². The third-order valence-corrected chi connectivity index (χ3v) is 4.42. The number of rotatable bonds is 4. The normalized spacial score (nSPS) is 18.9. The Morgan fingerprint density at radius 2 is 1.88 bits per heavy atom. The Labute approximate surface area is 101 Å². The molecule has 3 heteroatoms. The van der Waals surface area contributed by atoms with Crippen LogP contribution in [0.25, 0.3) is 0 Å². The molecule has 0 radical (unpaired) electrons. The van der Waals surface area contributed by atoms with Gasteiger partial charge in [0.15, 0.2) is 0 Å². The predicted molar refractivity (Wildman–Crippen MR) is 67.1 cm³/mol. The molecule has 1 aliphatic carbocycles. The lowest BCUT2D eigenvalue weighted by molar-refractivity contribution is 0.463. The first-order valence-corrected chi connectivity index (χ1v) is 6.88. The number of halogens is 1. The van der Waals surface area contributed by atoms with Crippen molar-refractivity contribution in [3.05, 3.63) is 30.1 Å². The van der Waals surface area contributed by atoms with Gasteiger partial charge in [0.1, 0.15) is 5.82 Å². The highest BCUT2D eigenvalue weighted by molar-refractivity contribution is 7.99. The second-order valence-electron chi connectivity index (χ2n) is 4.47. The van der Waals surface area contributed by atoms with E-state index in [1.807, 2.05) is 12.1 Å². The fourth-order valence-electron chi connectivity index (χ4n) is 2.24. The Kier molecular flexibility index (Phi) is 4.24. The molecule has 88 valence electrons. The highest BCUT2D eigenvalue weighted by Gasteiger charge is 2.21. The SMILES string of the molecule is NC(CSc1ccc(F)cc1)C1CCCC1. The van der Waals surface area contributed by atoms with Gasteiger partial charge in [-0.25, -0.2) is 4.39 Å². The van der Waals surface area contributed by atoms with Gasteiger partial charge < -0.3 is 5.73 Å². The van der Waals surface area contributed by atoms with Crippen molar-refractivity contribution in [3.8, 4) is 0 Å². The van der Waals surface area contributed by atoms with Crippen LogP contribution >= 0.6 is 11.8 Å². The molecule has 1 aromatic rings. The summed E-state index contributed by atoms with van der Waals surface area (Å²) in [6, 6.07) is 6.94. The zero-order chi connectivity index (χ0) is 11.4. The van der Waals surface area contributed by atoms with Crippen molar-refractivity contribution in [2.24, 2.45) is 11.7 Å². The van der Waals surface area contributed by atoms with Gasteiger partial charge in [0.2, 0.25) is 0 Å². The Morgan fingerprint density at radius 1 is 1.25 bits per heavy atom. The van der Waals surface area contributed by atoms with Crippen LogP contribution in [0.5, 0.6) is 0 Å². The molecule has 0 aliphatic heterocycles. The van der Waals surface area contributed by atoms with Crippen LogP contribution in [-0.2, 0) is 0 Å². The van der Waals surface area contributed by atoms with E-state index in [9.17, 15) is 4.39 Å². The fourth-order valence-corrected chi connectivity index (χ4v) is 3.23. The highest BCUT2D eigenvalue weighted by atomic mass is 32.2. The predicted octanol–water partition coefficient (Wildman–Crippen LogP) is 3.44. The van der Waals surface area contributed by atoms with Crippen molar-refractivity contribution >= 4 is 11.8 Å². The molecule has 0 bridgehead atoms. The summed E-state index contributed by atoms with van der Waals surface area (Å²) in [7, 11) is 0. The van der Waals surface area contributed by atoms with Crippen molar-refractivity contribution < 1.29 is 4.39 Å². The van der Waals surface area contributed by atoms with Crippen molar-refractivity contribution in [1.82, 2.24) is 0 Å². The lowest BCUT2D eigenvalue weighted by Crippen LogP contribution is -2.30. The van der Waals surface area contributed by atoms with Crippen LogP contribution in [0, 0.1) is 11.7 Å². The summed E-state index contributed by atoms with van der Waals surface area (Å²) in [5.74, 6) is 1.47. The van der Waals surface area contributed by atoms with E-state index in [4.69, 9.17) is 5.73 Å². The monoisotopic (exact) mass is 239 g/mol. The minimum absolute atomic E-state index is 0.176. The maximum atomic E-state index is 12.7. The average Bonchev–Trinajstić information content (AvgIpc) is 2.81. The second-order valence-corrected chi connectivity index (χ2v) is 5.57. The van der Waals surface area contributed by atoms with E-state index in [0.29, 0.717) is 5.92 Å². The number of hydrogen-bond donors (Lipinski definition) is 1. The Balaban J connectivity index is 1.80. The van der Waals surface area contributed by atoms with Gasteiger partial charge in [-0.05, 0) is 43.0 Å². The Bertz CT molecular complexity index is 319. The largest absolute Gasteiger partial charge is 0.327 e. The summed E-state index contributed by atoms with van der Waals surface area (Å²) in [5, 5.41) is 0. The smallest absolute Gasteiger partial charge is 0.123 e. The number of benzene rings is 1. The molecule has 2 N–H and O–H groups in total. The quantitative estimate of drug-likeness (QED) is 0.815. The first-order chi connectivity index (χ1) is 7.75. The fraction of sp³-hybridized carbons (Fsp3) is 0.538. The summed E-state index contributed by atoms with van der Waals surface area (Å²) in [6.07, 6.45) is 5.23. The van der Waals surface area contributed by atoms with Gasteiger partial charge >= 0.3 is 0 Å². The zero-order valence-electron chi connectivity index (χ0n) is 9.36. The summed E-state index contributed by atoms with van der Waals surface area (Å²) in [5.41, 5.74) is 6.16. The standard InChI is InChI=1S/C13H18FNS/c14-11-5-7-12(8-6-11)16-9-13(15)10-3-1-2-4-10/h5-8,10,13H,1-4,9,15H2. The van der Waals surface area contributed by atoms with E-state index in [0.717, 1.165) is 10.6 Å². The number of hydrogen-bond acceptors (Lipinski definition) is 2. The number of thioether (sulfide) groups is 1. The molecule has 0 aromatic heterocycles. The van der Waals surface area contributed by atoms with Crippen LogP contribution < -0.4 is 5.73 Å². The maximum absolute atomic E-state index is 12.7. The van der Waals surface area contributed by atoms with Crippen molar-refractivity contribution in [2.75, 3.05) is 5.75 Å². The van der Waals surface area contributed by atoms with E-state index >= 15 is 0 Å². The summed E-state index contributed by atoms with van der Waals surface area (Å²) < 4.78 is 12.7. The Hall–Kier alpha value is -0.540. The van der Waals surface area contributed by atoms with Gasteiger partial charge in [-0.15, -0.1) is 11.8 Å². The summed E-state index contributed by atoms with van der Waals surface area (Å²) in [4.78, 5) is 1.11. The zero-order valence-corrected chi connectivity index (χ0v) is 10.2. The average molecular weight is 239 g/mol. The molecule has 1 aromatic carbocycles. The summed E-state index contributed by atoms with van der Waals surface area (Å²) >= 11 is 1.73. The van der Waals surface area contributed by atoms with Gasteiger partial charge in [0.05, 0.1) is 0 Å². The molecule has 16 heavy (non-hydrogen) atoms. The van der Waals surface area contributed by atoms with E-state index in [1.165, 1.54) is 37.8 Å². The van der Waals surface area contributed by atoms with Crippen LogP contribution in [0.1, 0.15) is 25.7 Å². The van der Waals surface area contributed by atoms with Crippen LogP contribution in [0.2, 0.25) is 0 Å². The van der Waals surface area contributed by atoms with Gasteiger partial charge in [0, 0.05) is 16.7 Å². The lowest BCUT2D eigenvalue weighted by atomic mass is 10.0. The third kappa shape index (κ3) is 3.22. The van der Waals surface area contributed by atoms with Gasteiger partial charge in [-0.1, -0.05) is 12.8 Å². The summed E-state index contributed by atoms with van der Waals surface area (Å²) in [6.45, 7) is 0. The first kappa shape index (κ1) is 11.9. The molecule has 1 atom stereocenters. The molecule has 1 unspecified atom stereocenters. The van der Waals surface area contributed by atoms with Crippen molar-refractivity contribution in [3.63, 3.8) is 0 Å². The van der Waals surface area contributed by atoms with Gasteiger partial charge in [0.25, 0.3) is 0 Å². The van der Waals surface area contributed by atoms with Crippen molar-refractivity contribution in [1.29, 1.82) is 0 Å². The maximum Gasteiger partial charge on any atom is 0.123 e. The van der Waals surface area contributed by atoms with E-state index in [-0.39, 0.29) is 11.9 Å². The molecule has 0 amide bonds. The van der Waals surface area contributed by atoms with Crippen molar-refractivity contribution in [2.45, 2.75) is 36.6 Å². The first-order valence-electron chi connectivity index (χ1n) is 5.89. The molecule has 0 saturated heterocycles. The second kappa shape index (κ2) is 5.69. The molecular weight excluding hydrogens is 221 g/mol. The Morgan fingerprint density at radius 3 is 2.50 bits per heavy atom. The minimum Gasteiger partial charge on any atom is -0.327 e. The molecule has 1 saturated carbocycles.